The molecule has 0 heterocycles. The van der Waals surface area contributed by atoms with Gasteiger partial charge in [0.15, 0.2) is 0 Å². The monoisotopic (exact) mass is 199 g/mol. The predicted octanol–water partition coefficient (Wildman–Crippen LogP) is 2.84. The van der Waals surface area contributed by atoms with Gasteiger partial charge in [0.25, 0.3) is 0 Å². The molecule has 0 saturated heterocycles. The highest BCUT2D eigenvalue weighted by Crippen LogP contribution is 2.16. The standard InChI is InChI=1S/C10H11ClFN/c11-9-7-8(3-1-2-6-13)4-5-10(9)12/h1,3-5,7H,2,6,13H2/b3-1+. The van der Waals surface area contributed by atoms with Crippen LogP contribution in [0.25, 0.3) is 6.08 Å². The number of halogens is 2. The van der Waals surface area contributed by atoms with Gasteiger partial charge >= 0.3 is 0 Å². The molecule has 0 aliphatic rings. The van der Waals surface area contributed by atoms with E-state index in [9.17, 15) is 4.39 Å². The Hall–Kier alpha value is -0.860. The van der Waals surface area contributed by atoms with Crippen molar-refractivity contribution in [3.05, 3.63) is 40.7 Å². The minimum Gasteiger partial charge on any atom is -0.330 e. The summed E-state index contributed by atoms with van der Waals surface area (Å²) in [6, 6.07) is 4.61. The topological polar surface area (TPSA) is 26.0 Å². The zero-order valence-electron chi connectivity index (χ0n) is 7.13. The maximum atomic E-state index is 12.7. The maximum absolute atomic E-state index is 12.7. The van der Waals surface area contributed by atoms with Gasteiger partial charge in [0.05, 0.1) is 5.02 Å². The van der Waals surface area contributed by atoms with Crippen LogP contribution < -0.4 is 5.73 Å². The van der Waals surface area contributed by atoms with Crippen LogP contribution in [0.5, 0.6) is 0 Å². The van der Waals surface area contributed by atoms with Crippen LogP contribution in [-0.2, 0) is 0 Å². The van der Waals surface area contributed by atoms with Gasteiger partial charge in [0, 0.05) is 0 Å². The largest absolute Gasteiger partial charge is 0.330 e. The molecule has 1 aromatic rings. The molecule has 70 valence electrons. The molecule has 0 aliphatic heterocycles. The van der Waals surface area contributed by atoms with Gasteiger partial charge in [-0.25, -0.2) is 4.39 Å². The van der Waals surface area contributed by atoms with E-state index >= 15 is 0 Å². The first-order valence-electron chi connectivity index (χ1n) is 4.05. The van der Waals surface area contributed by atoms with Gasteiger partial charge in [-0.15, -0.1) is 0 Å². The number of rotatable bonds is 3. The third-order valence-electron chi connectivity index (χ3n) is 1.59. The van der Waals surface area contributed by atoms with E-state index in [1.54, 1.807) is 12.1 Å². The van der Waals surface area contributed by atoms with Crippen molar-refractivity contribution in [1.29, 1.82) is 0 Å². The SMILES string of the molecule is NCC/C=C/c1ccc(F)c(Cl)c1. The summed E-state index contributed by atoms with van der Waals surface area (Å²) in [5.41, 5.74) is 6.20. The average Bonchev–Trinajstić information content (AvgIpc) is 2.12. The molecule has 1 nitrogen and oxygen atoms in total. The Bertz CT molecular complexity index is 310. The van der Waals surface area contributed by atoms with Crippen molar-refractivity contribution in [1.82, 2.24) is 0 Å². The Kier molecular flexibility index (Phi) is 3.93. The Morgan fingerprint density at radius 2 is 2.23 bits per heavy atom. The van der Waals surface area contributed by atoms with E-state index < -0.39 is 5.82 Å². The molecule has 0 atom stereocenters. The summed E-state index contributed by atoms with van der Waals surface area (Å²) in [6.07, 6.45) is 4.62. The van der Waals surface area contributed by atoms with Gasteiger partial charge in [-0.2, -0.15) is 0 Å². The highest BCUT2D eigenvalue weighted by atomic mass is 35.5. The summed E-state index contributed by atoms with van der Waals surface area (Å²) in [7, 11) is 0. The van der Waals surface area contributed by atoms with Crippen LogP contribution >= 0.6 is 11.6 Å². The molecule has 13 heavy (non-hydrogen) atoms. The van der Waals surface area contributed by atoms with Crippen LogP contribution in [0.2, 0.25) is 5.02 Å². The number of hydrogen-bond donors (Lipinski definition) is 1. The molecule has 0 fully saturated rings. The average molecular weight is 200 g/mol. The van der Waals surface area contributed by atoms with Crippen molar-refractivity contribution >= 4 is 17.7 Å². The van der Waals surface area contributed by atoms with Gasteiger partial charge in [0.1, 0.15) is 5.82 Å². The molecule has 0 unspecified atom stereocenters. The third-order valence-corrected chi connectivity index (χ3v) is 1.88. The molecule has 0 saturated carbocycles. The number of nitrogens with two attached hydrogens (primary N) is 1. The Morgan fingerprint density at radius 1 is 1.46 bits per heavy atom. The van der Waals surface area contributed by atoms with Crippen LogP contribution in [0.15, 0.2) is 24.3 Å². The Labute approximate surface area is 82.0 Å². The van der Waals surface area contributed by atoms with Crippen molar-refractivity contribution < 1.29 is 4.39 Å². The van der Waals surface area contributed by atoms with Gasteiger partial charge in [-0.1, -0.05) is 29.8 Å². The van der Waals surface area contributed by atoms with E-state index in [2.05, 4.69) is 0 Å². The van der Waals surface area contributed by atoms with E-state index in [-0.39, 0.29) is 5.02 Å². The van der Waals surface area contributed by atoms with Crippen molar-refractivity contribution in [2.75, 3.05) is 6.54 Å². The lowest BCUT2D eigenvalue weighted by Gasteiger charge is -1.95. The Morgan fingerprint density at radius 3 is 2.85 bits per heavy atom. The molecule has 0 aromatic heterocycles. The smallest absolute Gasteiger partial charge is 0.141 e. The van der Waals surface area contributed by atoms with Gasteiger partial charge in [-0.3, -0.25) is 0 Å². The van der Waals surface area contributed by atoms with E-state index in [4.69, 9.17) is 17.3 Å². The highest BCUT2D eigenvalue weighted by Gasteiger charge is 1.97. The fourth-order valence-corrected chi connectivity index (χ4v) is 1.12. The van der Waals surface area contributed by atoms with E-state index in [0.29, 0.717) is 6.54 Å². The summed E-state index contributed by atoms with van der Waals surface area (Å²) < 4.78 is 12.7. The summed E-state index contributed by atoms with van der Waals surface area (Å²) in [5, 5.41) is 0.148. The molecular formula is C10H11ClFN. The van der Waals surface area contributed by atoms with Gasteiger partial charge < -0.3 is 5.73 Å². The molecule has 0 radical (unpaired) electrons. The molecule has 1 aromatic carbocycles. The van der Waals surface area contributed by atoms with Crippen LogP contribution in [0, 0.1) is 5.82 Å². The molecule has 1 rings (SSSR count). The second-order valence-corrected chi connectivity index (χ2v) is 3.06. The van der Waals surface area contributed by atoms with Gasteiger partial charge in [0.2, 0.25) is 0 Å². The maximum Gasteiger partial charge on any atom is 0.141 e. The van der Waals surface area contributed by atoms with Gasteiger partial charge in [-0.05, 0) is 30.7 Å². The minimum atomic E-state index is -0.391. The Balaban J connectivity index is 2.73. The number of benzene rings is 1. The fourth-order valence-electron chi connectivity index (χ4n) is 0.932. The minimum absolute atomic E-state index is 0.148. The first-order valence-corrected chi connectivity index (χ1v) is 4.43. The summed E-state index contributed by atoms with van der Waals surface area (Å²) in [6.45, 7) is 0.616. The lowest BCUT2D eigenvalue weighted by molar-refractivity contribution is 0.628. The van der Waals surface area contributed by atoms with Crippen molar-refractivity contribution in [3.8, 4) is 0 Å². The van der Waals surface area contributed by atoms with Crippen LogP contribution in [0.3, 0.4) is 0 Å². The highest BCUT2D eigenvalue weighted by molar-refractivity contribution is 6.30. The van der Waals surface area contributed by atoms with Crippen molar-refractivity contribution in [2.45, 2.75) is 6.42 Å². The normalized spacial score (nSPS) is 11.0. The second-order valence-electron chi connectivity index (χ2n) is 2.65. The first kappa shape index (κ1) is 10.2. The van der Waals surface area contributed by atoms with Crippen molar-refractivity contribution in [2.24, 2.45) is 5.73 Å². The van der Waals surface area contributed by atoms with E-state index in [0.717, 1.165) is 12.0 Å². The van der Waals surface area contributed by atoms with Crippen LogP contribution in [0.4, 0.5) is 4.39 Å². The van der Waals surface area contributed by atoms with Crippen molar-refractivity contribution in [3.63, 3.8) is 0 Å². The lowest BCUT2D eigenvalue weighted by atomic mass is 10.2. The summed E-state index contributed by atoms with van der Waals surface area (Å²) in [5.74, 6) is -0.391. The van der Waals surface area contributed by atoms with Crippen LogP contribution in [0.1, 0.15) is 12.0 Å². The summed E-state index contributed by atoms with van der Waals surface area (Å²) in [4.78, 5) is 0. The van der Waals surface area contributed by atoms with E-state index in [1.165, 1.54) is 6.07 Å². The molecule has 0 bridgehead atoms. The first-order chi connectivity index (χ1) is 6.24. The van der Waals surface area contributed by atoms with Crippen LogP contribution in [-0.4, -0.2) is 6.54 Å². The molecule has 3 heteroatoms. The number of hydrogen-bond acceptors (Lipinski definition) is 1. The zero-order chi connectivity index (χ0) is 9.68. The molecule has 0 aliphatic carbocycles. The third kappa shape index (κ3) is 3.17. The quantitative estimate of drug-likeness (QED) is 0.796. The predicted molar refractivity (Wildman–Crippen MR) is 54.1 cm³/mol. The second kappa shape index (κ2) is 5.00. The van der Waals surface area contributed by atoms with E-state index in [1.807, 2.05) is 12.2 Å². The molecule has 0 spiro atoms. The molecular weight excluding hydrogens is 189 g/mol. The molecule has 0 amide bonds. The fraction of sp³-hybridized carbons (Fsp3) is 0.200. The summed E-state index contributed by atoms with van der Waals surface area (Å²) >= 11 is 5.59. The zero-order valence-corrected chi connectivity index (χ0v) is 7.89. The molecule has 2 N–H and O–H groups in total. The lowest BCUT2D eigenvalue weighted by Crippen LogP contribution is -1.94.